The fourth-order valence-electron chi connectivity index (χ4n) is 2.07. The van der Waals surface area contributed by atoms with E-state index >= 15 is 0 Å². The number of cyclic esters (lactones) is 1. The Bertz CT molecular complexity index is 609. The van der Waals surface area contributed by atoms with Crippen molar-refractivity contribution in [2.24, 2.45) is 0 Å². The normalized spacial score (nSPS) is 20.8. The van der Waals surface area contributed by atoms with E-state index in [1.54, 1.807) is 30.3 Å². The van der Waals surface area contributed by atoms with Crippen LogP contribution in [0.3, 0.4) is 0 Å². The first-order valence-electron chi connectivity index (χ1n) is 5.87. The zero-order valence-electron chi connectivity index (χ0n) is 10.3. The third-order valence-electron chi connectivity index (χ3n) is 2.97. The van der Waals surface area contributed by atoms with Crippen molar-refractivity contribution in [3.8, 4) is 5.75 Å². The summed E-state index contributed by atoms with van der Waals surface area (Å²) in [5, 5.41) is 0. The molecule has 0 fully saturated rings. The molecule has 4 nitrogen and oxygen atoms in total. The molecular weight excluding hydrogens is 244 g/mol. The van der Waals surface area contributed by atoms with Crippen molar-refractivity contribution in [1.82, 2.24) is 0 Å². The Morgan fingerprint density at radius 1 is 1.00 bits per heavy atom. The van der Waals surface area contributed by atoms with Crippen LogP contribution < -0.4 is 4.74 Å². The Morgan fingerprint density at radius 2 is 1.68 bits per heavy atom. The van der Waals surface area contributed by atoms with Crippen molar-refractivity contribution in [3.05, 3.63) is 65.7 Å². The van der Waals surface area contributed by atoms with Crippen LogP contribution in [0.15, 0.2) is 54.6 Å². The van der Waals surface area contributed by atoms with Gasteiger partial charge in [0.05, 0.1) is 11.1 Å². The summed E-state index contributed by atoms with van der Waals surface area (Å²) in [6, 6.07) is 16.1. The molecule has 1 aliphatic rings. The molecule has 0 aromatic heterocycles. The molecule has 1 aliphatic heterocycles. The van der Waals surface area contributed by atoms with E-state index in [1.807, 2.05) is 24.3 Å². The van der Waals surface area contributed by atoms with E-state index in [0.717, 1.165) is 0 Å². The number of esters is 1. The number of carbonyl (C=O) groups is 1. The van der Waals surface area contributed by atoms with Gasteiger partial charge in [-0.15, -0.1) is 0 Å². The third-order valence-corrected chi connectivity index (χ3v) is 2.97. The standard InChI is InChI=1S/C15H12O4/c1-17-15(18-11-7-3-2-4-8-11)13-10-6-5-9-12(13)14(16)19-15/h2-10H,1H3. The average molecular weight is 256 g/mol. The molecule has 2 aromatic carbocycles. The molecule has 3 rings (SSSR count). The lowest BCUT2D eigenvalue weighted by Crippen LogP contribution is -2.35. The summed E-state index contributed by atoms with van der Waals surface area (Å²) in [5.41, 5.74) is 1.03. The van der Waals surface area contributed by atoms with Crippen LogP contribution in [0.4, 0.5) is 0 Å². The van der Waals surface area contributed by atoms with Gasteiger partial charge >= 0.3 is 11.9 Å². The summed E-state index contributed by atoms with van der Waals surface area (Å²) in [7, 11) is 1.44. The molecule has 96 valence electrons. The lowest BCUT2D eigenvalue weighted by Gasteiger charge is -2.26. The number of methoxy groups -OCH3 is 1. The summed E-state index contributed by atoms with van der Waals surface area (Å²) >= 11 is 0. The lowest BCUT2D eigenvalue weighted by molar-refractivity contribution is -0.308. The van der Waals surface area contributed by atoms with Gasteiger partial charge in [0.25, 0.3) is 0 Å². The molecule has 0 amide bonds. The number of fused-ring (bicyclic) bond motifs is 1. The van der Waals surface area contributed by atoms with Crippen molar-refractivity contribution < 1.29 is 19.0 Å². The molecule has 1 atom stereocenters. The van der Waals surface area contributed by atoms with Crippen LogP contribution in [0, 0.1) is 0 Å². The molecule has 1 unspecified atom stereocenters. The summed E-state index contributed by atoms with van der Waals surface area (Å²) in [6.07, 6.45) is 0. The van der Waals surface area contributed by atoms with Crippen LogP contribution in [0.5, 0.6) is 5.75 Å². The quantitative estimate of drug-likeness (QED) is 0.625. The van der Waals surface area contributed by atoms with E-state index < -0.39 is 11.9 Å². The fraction of sp³-hybridized carbons (Fsp3) is 0.133. The maximum atomic E-state index is 11.8. The summed E-state index contributed by atoms with van der Waals surface area (Å²) in [6.45, 7) is 0. The monoisotopic (exact) mass is 256 g/mol. The number of hydrogen-bond donors (Lipinski definition) is 0. The van der Waals surface area contributed by atoms with E-state index in [9.17, 15) is 4.79 Å². The second-order valence-electron chi connectivity index (χ2n) is 4.11. The molecule has 0 saturated carbocycles. The van der Waals surface area contributed by atoms with Crippen LogP contribution in [0.2, 0.25) is 0 Å². The Hall–Kier alpha value is -2.33. The van der Waals surface area contributed by atoms with Crippen molar-refractivity contribution in [1.29, 1.82) is 0 Å². The predicted molar refractivity (Wildman–Crippen MR) is 67.6 cm³/mol. The number of ether oxygens (including phenoxy) is 3. The molecule has 0 saturated heterocycles. The van der Waals surface area contributed by atoms with Crippen molar-refractivity contribution in [3.63, 3.8) is 0 Å². The molecule has 0 bridgehead atoms. The molecule has 19 heavy (non-hydrogen) atoms. The van der Waals surface area contributed by atoms with E-state index in [2.05, 4.69) is 0 Å². The lowest BCUT2D eigenvalue weighted by atomic mass is 10.1. The first kappa shape index (κ1) is 11.7. The molecule has 2 aromatic rings. The third kappa shape index (κ3) is 1.86. The van der Waals surface area contributed by atoms with Gasteiger partial charge in [-0.25, -0.2) is 4.79 Å². The van der Waals surface area contributed by atoms with E-state index in [4.69, 9.17) is 14.2 Å². The maximum absolute atomic E-state index is 11.8. The molecule has 1 heterocycles. The van der Waals surface area contributed by atoms with E-state index in [1.165, 1.54) is 7.11 Å². The average Bonchev–Trinajstić information content (AvgIpc) is 2.74. The Balaban J connectivity index is 2.04. The number of carbonyl (C=O) groups excluding carboxylic acids is 1. The first-order chi connectivity index (χ1) is 9.25. The van der Waals surface area contributed by atoms with Gasteiger partial charge in [0, 0.05) is 7.11 Å². The number of rotatable bonds is 3. The van der Waals surface area contributed by atoms with Crippen molar-refractivity contribution in [2.75, 3.05) is 7.11 Å². The summed E-state index contributed by atoms with van der Waals surface area (Å²) < 4.78 is 16.4. The van der Waals surface area contributed by atoms with Crippen LogP contribution in [-0.4, -0.2) is 13.1 Å². The Kier molecular flexibility index (Phi) is 2.72. The van der Waals surface area contributed by atoms with Gasteiger partial charge < -0.3 is 14.2 Å². The van der Waals surface area contributed by atoms with Gasteiger partial charge in [0.15, 0.2) is 0 Å². The second kappa shape index (κ2) is 4.40. The maximum Gasteiger partial charge on any atom is 0.404 e. The number of para-hydroxylation sites is 1. The van der Waals surface area contributed by atoms with Gasteiger partial charge in [0.2, 0.25) is 0 Å². The van der Waals surface area contributed by atoms with E-state index in [0.29, 0.717) is 16.9 Å². The highest BCUT2D eigenvalue weighted by Crippen LogP contribution is 2.38. The molecule has 0 spiro atoms. The molecular formula is C15H12O4. The zero-order valence-corrected chi connectivity index (χ0v) is 10.3. The van der Waals surface area contributed by atoms with Crippen LogP contribution in [0.1, 0.15) is 15.9 Å². The van der Waals surface area contributed by atoms with Crippen LogP contribution in [-0.2, 0) is 15.4 Å². The van der Waals surface area contributed by atoms with Gasteiger partial charge in [-0.1, -0.05) is 30.3 Å². The van der Waals surface area contributed by atoms with Gasteiger partial charge in [-0.05, 0) is 24.3 Å². The van der Waals surface area contributed by atoms with Gasteiger partial charge in [-0.2, -0.15) is 0 Å². The van der Waals surface area contributed by atoms with Crippen LogP contribution in [0.25, 0.3) is 0 Å². The topological polar surface area (TPSA) is 44.8 Å². The molecule has 0 aliphatic carbocycles. The van der Waals surface area contributed by atoms with E-state index in [-0.39, 0.29) is 0 Å². The zero-order chi connectivity index (χ0) is 13.3. The minimum atomic E-state index is -1.50. The molecule has 4 heteroatoms. The predicted octanol–water partition coefficient (Wildman–Crippen LogP) is 2.69. The highest BCUT2D eigenvalue weighted by Gasteiger charge is 2.49. The summed E-state index contributed by atoms with van der Waals surface area (Å²) in [5.74, 6) is -1.39. The van der Waals surface area contributed by atoms with Crippen LogP contribution >= 0.6 is 0 Å². The fourth-order valence-corrected chi connectivity index (χ4v) is 2.07. The molecule has 0 N–H and O–H groups in total. The highest BCUT2D eigenvalue weighted by molar-refractivity contribution is 5.94. The second-order valence-corrected chi connectivity index (χ2v) is 4.11. The molecule has 0 radical (unpaired) electrons. The van der Waals surface area contributed by atoms with Crippen molar-refractivity contribution >= 4 is 5.97 Å². The summed E-state index contributed by atoms with van der Waals surface area (Å²) in [4.78, 5) is 11.8. The minimum absolute atomic E-state index is 0.451. The minimum Gasteiger partial charge on any atom is -0.426 e. The van der Waals surface area contributed by atoms with Gasteiger partial charge in [0.1, 0.15) is 5.75 Å². The number of benzene rings is 2. The van der Waals surface area contributed by atoms with Gasteiger partial charge in [-0.3, -0.25) is 0 Å². The number of hydrogen-bond acceptors (Lipinski definition) is 4. The first-order valence-corrected chi connectivity index (χ1v) is 5.87. The SMILES string of the molecule is COC1(Oc2ccccc2)OC(=O)c2ccccc21. The smallest absolute Gasteiger partial charge is 0.404 e. The Labute approximate surface area is 110 Å². The van der Waals surface area contributed by atoms with Crippen molar-refractivity contribution in [2.45, 2.75) is 5.97 Å². The largest absolute Gasteiger partial charge is 0.426 e. The highest BCUT2D eigenvalue weighted by atomic mass is 16.9. The Morgan fingerprint density at radius 3 is 2.42 bits per heavy atom.